The van der Waals surface area contributed by atoms with Crippen molar-refractivity contribution in [3.05, 3.63) is 0 Å². The van der Waals surface area contributed by atoms with Crippen molar-refractivity contribution in [2.45, 2.75) is 54.4 Å². The summed E-state index contributed by atoms with van der Waals surface area (Å²) in [5, 5.41) is 8.44. The minimum absolute atomic E-state index is 0.222. The van der Waals surface area contributed by atoms with E-state index >= 15 is 0 Å². The number of amides is 1. The topological polar surface area (TPSA) is 80.4 Å². The Morgan fingerprint density at radius 3 is 1.31 bits per heavy atom. The first kappa shape index (κ1) is 17.3. The van der Waals surface area contributed by atoms with Crippen molar-refractivity contribution < 1.29 is 14.7 Å². The van der Waals surface area contributed by atoms with E-state index in [0.717, 1.165) is 6.42 Å². The Morgan fingerprint density at radius 1 is 1.00 bits per heavy atom. The zero-order chi connectivity index (χ0) is 13.6. The van der Waals surface area contributed by atoms with Crippen LogP contribution in [0, 0.1) is 10.8 Å². The largest absolute Gasteiger partial charge is 0.481 e. The van der Waals surface area contributed by atoms with Crippen LogP contribution in [-0.4, -0.2) is 17.0 Å². The molecule has 0 radical (unpaired) electrons. The van der Waals surface area contributed by atoms with Crippen molar-refractivity contribution in [3.63, 3.8) is 0 Å². The molecule has 0 atom stereocenters. The number of carbonyl (C=O) groups excluding carboxylic acids is 1. The van der Waals surface area contributed by atoms with Crippen molar-refractivity contribution in [2.24, 2.45) is 16.6 Å². The molecule has 0 aromatic heterocycles. The van der Waals surface area contributed by atoms with E-state index in [4.69, 9.17) is 10.8 Å². The fraction of sp³-hybridized carbons (Fsp3) is 0.833. The van der Waals surface area contributed by atoms with E-state index in [9.17, 15) is 9.59 Å². The van der Waals surface area contributed by atoms with Gasteiger partial charge in [-0.3, -0.25) is 9.59 Å². The summed E-state index contributed by atoms with van der Waals surface area (Å²) < 4.78 is 0. The highest BCUT2D eigenvalue weighted by atomic mass is 16.4. The maximum Gasteiger partial charge on any atom is 0.309 e. The van der Waals surface area contributed by atoms with Crippen LogP contribution in [0.3, 0.4) is 0 Å². The second kappa shape index (κ2) is 6.51. The van der Waals surface area contributed by atoms with Gasteiger partial charge in [-0.1, -0.05) is 27.7 Å². The van der Waals surface area contributed by atoms with E-state index < -0.39 is 11.4 Å². The molecular formula is C12H25NO3. The number of hydrogen-bond donors (Lipinski definition) is 2. The van der Waals surface area contributed by atoms with Crippen molar-refractivity contribution in [3.8, 4) is 0 Å². The molecule has 0 bridgehead atoms. The third-order valence-corrected chi connectivity index (χ3v) is 3.01. The summed E-state index contributed by atoms with van der Waals surface area (Å²) in [6.45, 7) is 10.9. The lowest BCUT2D eigenvalue weighted by Gasteiger charge is -2.16. The van der Waals surface area contributed by atoms with Crippen LogP contribution in [0.1, 0.15) is 54.4 Å². The molecule has 0 aliphatic carbocycles. The summed E-state index contributed by atoms with van der Waals surface area (Å²) in [5.41, 5.74) is 4.18. The summed E-state index contributed by atoms with van der Waals surface area (Å²) in [6, 6.07) is 0. The van der Waals surface area contributed by atoms with Gasteiger partial charge in [-0.2, -0.15) is 0 Å². The Balaban J connectivity index is 0. The first-order valence-corrected chi connectivity index (χ1v) is 5.54. The van der Waals surface area contributed by atoms with Crippen LogP contribution >= 0.6 is 0 Å². The summed E-state index contributed by atoms with van der Waals surface area (Å²) in [7, 11) is 0. The third kappa shape index (κ3) is 6.43. The molecule has 0 aromatic rings. The van der Waals surface area contributed by atoms with Gasteiger partial charge in [0.15, 0.2) is 0 Å². The average Bonchev–Trinajstić information content (AvgIpc) is 2.18. The first-order valence-electron chi connectivity index (χ1n) is 5.54. The van der Waals surface area contributed by atoms with Gasteiger partial charge in [-0.25, -0.2) is 0 Å². The minimum atomic E-state index is -0.722. The van der Waals surface area contributed by atoms with E-state index in [1.807, 2.05) is 27.7 Å². The summed E-state index contributed by atoms with van der Waals surface area (Å²) in [5.74, 6) is -0.944. The van der Waals surface area contributed by atoms with Crippen LogP contribution in [0.5, 0.6) is 0 Å². The van der Waals surface area contributed by atoms with Crippen LogP contribution in [0.25, 0.3) is 0 Å². The average molecular weight is 231 g/mol. The van der Waals surface area contributed by atoms with Gasteiger partial charge in [-0.15, -0.1) is 0 Å². The maximum atomic E-state index is 10.5. The number of primary amides is 1. The van der Waals surface area contributed by atoms with Crippen molar-refractivity contribution in [2.75, 3.05) is 0 Å². The number of carboxylic acid groups (broad SMARTS) is 1. The highest BCUT2D eigenvalue weighted by Crippen LogP contribution is 2.18. The molecule has 0 rings (SSSR count). The van der Waals surface area contributed by atoms with Gasteiger partial charge in [0.05, 0.1) is 5.41 Å². The van der Waals surface area contributed by atoms with E-state index in [1.54, 1.807) is 13.8 Å². The molecule has 0 saturated carbocycles. The van der Waals surface area contributed by atoms with E-state index in [0.29, 0.717) is 6.42 Å². The number of hydrogen-bond acceptors (Lipinski definition) is 2. The fourth-order valence-electron chi connectivity index (χ4n) is 0.325. The smallest absolute Gasteiger partial charge is 0.309 e. The van der Waals surface area contributed by atoms with Gasteiger partial charge < -0.3 is 10.8 Å². The number of carboxylic acids is 1. The standard InChI is InChI=1S/C6H13NO.C6H12O2/c2*1-4-6(2,3)5(7)8/h4H2,1-3H3,(H2,7,8);4H2,1-3H3,(H,7,8). The Morgan fingerprint density at radius 2 is 1.31 bits per heavy atom. The maximum absolute atomic E-state index is 10.5. The summed E-state index contributed by atoms with van der Waals surface area (Å²) in [4.78, 5) is 20.7. The lowest BCUT2D eigenvalue weighted by Crippen LogP contribution is -2.30. The summed E-state index contributed by atoms with van der Waals surface area (Å²) >= 11 is 0. The molecule has 4 heteroatoms. The molecule has 4 nitrogen and oxygen atoms in total. The highest BCUT2D eigenvalue weighted by molar-refractivity contribution is 5.79. The highest BCUT2D eigenvalue weighted by Gasteiger charge is 2.23. The predicted molar refractivity (Wildman–Crippen MR) is 65.0 cm³/mol. The molecule has 96 valence electrons. The van der Waals surface area contributed by atoms with Crippen molar-refractivity contribution in [1.29, 1.82) is 0 Å². The first-order chi connectivity index (χ1) is 7.01. The molecular weight excluding hydrogens is 206 g/mol. The molecule has 0 heterocycles. The van der Waals surface area contributed by atoms with E-state index in [2.05, 4.69) is 0 Å². The van der Waals surface area contributed by atoms with Crippen LogP contribution < -0.4 is 5.73 Å². The minimum Gasteiger partial charge on any atom is -0.481 e. The number of rotatable bonds is 4. The second-order valence-corrected chi connectivity index (χ2v) is 5.14. The van der Waals surface area contributed by atoms with Crippen LogP contribution in [-0.2, 0) is 9.59 Å². The Bertz CT molecular complexity index is 219. The lowest BCUT2D eigenvalue weighted by atomic mass is 9.90. The van der Waals surface area contributed by atoms with Crippen LogP contribution in [0.4, 0.5) is 0 Å². The predicted octanol–water partition coefficient (Wildman–Crippen LogP) is 2.42. The third-order valence-electron chi connectivity index (χ3n) is 3.01. The van der Waals surface area contributed by atoms with Gasteiger partial charge in [0.2, 0.25) is 5.91 Å². The van der Waals surface area contributed by atoms with Gasteiger partial charge in [0, 0.05) is 5.41 Å². The van der Waals surface area contributed by atoms with Gasteiger partial charge >= 0.3 is 5.97 Å². The van der Waals surface area contributed by atoms with Gasteiger partial charge in [-0.05, 0) is 26.7 Å². The van der Waals surface area contributed by atoms with Gasteiger partial charge in [0.25, 0.3) is 0 Å². The normalized spacial score (nSPS) is 11.4. The van der Waals surface area contributed by atoms with Crippen LogP contribution in [0.15, 0.2) is 0 Å². The zero-order valence-corrected chi connectivity index (χ0v) is 11.3. The SMILES string of the molecule is CCC(C)(C)C(=O)O.CCC(C)(C)C(N)=O. The number of aliphatic carboxylic acids is 1. The molecule has 0 fully saturated rings. The van der Waals surface area contributed by atoms with E-state index in [1.165, 1.54) is 0 Å². The molecule has 0 saturated heterocycles. The monoisotopic (exact) mass is 231 g/mol. The molecule has 3 N–H and O–H groups in total. The Hall–Kier alpha value is -1.06. The molecule has 0 aromatic carbocycles. The summed E-state index contributed by atoms with van der Waals surface area (Å²) in [6.07, 6.45) is 1.49. The Labute approximate surface area is 98.2 Å². The molecule has 1 amide bonds. The number of nitrogens with two attached hydrogens (primary N) is 1. The number of carbonyl (C=O) groups is 2. The van der Waals surface area contributed by atoms with Gasteiger partial charge in [0.1, 0.15) is 0 Å². The second-order valence-electron chi connectivity index (χ2n) is 5.14. The molecule has 0 spiro atoms. The molecule has 0 aliphatic rings. The van der Waals surface area contributed by atoms with Crippen molar-refractivity contribution >= 4 is 11.9 Å². The van der Waals surface area contributed by atoms with Crippen molar-refractivity contribution in [1.82, 2.24) is 0 Å². The molecule has 16 heavy (non-hydrogen) atoms. The Kier molecular flexibility index (Phi) is 7.05. The fourth-order valence-corrected chi connectivity index (χ4v) is 0.325. The quantitative estimate of drug-likeness (QED) is 0.779. The zero-order valence-electron chi connectivity index (χ0n) is 11.3. The molecule has 0 unspecified atom stereocenters. The van der Waals surface area contributed by atoms with E-state index in [-0.39, 0.29) is 11.3 Å². The lowest BCUT2D eigenvalue weighted by molar-refractivity contribution is -0.147. The van der Waals surface area contributed by atoms with Crippen LogP contribution in [0.2, 0.25) is 0 Å². The molecule has 0 aliphatic heterocycles.